The van der Waals surface area contributed by atoms with Gasteiger partial charge in [-0.25, -0.2) is 4.99 Å². The van der Waals surface area contributed by atoms with Crippen LogP contribution in [-0.2, 0) is 6.42 Å². The highest BCUT2D eigenvalue weighted by molar-refractivity contribution is 6.30. The average molecular weight is 389 g/mol. The van der Waals surface area contributed by atoms with Gasteiger partial charge in [0.25, 0.3) is 0 Å². The van der Waals surface area contributed by atoms with Gasteiger partial charge in [-0.3, -0.25) is 0 Å². The third kappa shape index (κ3) is 2.46. The summed E-state index contributed by atoms with van der Waals surface area (Å²) < 4.78 is 6.34. The normalized spacial score (nSPS) is 13.1. The molecule has 2 nitrogen and oxygen atoms in total. The number of fused-ring (bicyclic) bond motifs is 3. The van der Waals surface area contributed by atoms with Gasteiger partial charge in [-0.2, -0.15) is 0 Å². The second-order valence-corrected chi connectivity index (χ2v) is 8.82. The summed E-state index contributed by atoms with van der Waals surface area (Å²) in [6.07, 6.45) is 1.08. The monoisotopic (exact) mass is 389 g/mol. The molecule has 0 saturated heterocycles. The van der Waals surface area contributed by atoms with E-state index in [1.807, 2.05) is 12.1 Å². The lowest BCUT2D eigenvalue weighted by Crippen LogP contribution is -2.02. The van der Waals surface area contributed by atoms with Crippen molar-refractivity contribution in [2.45, 2.75) is 27.2 Å². The van der Waals surface area contributed by atoms with Crippen LogP contribution in [0.5, 0.6) is 0 Å². The highest BCUT2D eigenvalue weighted by Crippen LogP contribution is 2.41. The fraction of sp³-hybridized carbons (Fsp3) is 0.179. The van der Waals surface area contributed by atoms with Gasteiger partial charge >= 0.3 is 0 Å². The molecule has 2 heterocycles. The zero-order valence-electron chi connectivity index (χ0n) is 17.5. The topological polar surface area (TPSA) is 25.5 Å². The maximum absolute atomic E-state index is 6.34. The molecule has 0 fully saturated rings. The summed E-state index contributed by atoms with van der Waals surface area (Å²) in [6.45, 7) is 6.70. The number of rotatable bonds is 3. The molecule has 0 unspecified atom stereocenters. The molecule has 0 bridgehead atoms. The SMILES string of the molecule is Cc1cc(C2=Nc3ccc(CC(C)C)c4cccc2c34)c2oc3ccccc3c2c1. The molecule has 6 rings (SSSR count). The third-order valence-electron chi connectivity index (χ3n) is 6.10. The predicted octanol–water partition coefficient (Wildman–Crippen LogP) is 7.73. The zero-order valence-corrected chi connectivity index (χ0v) is 17.5. The molecule has 2 heteroatoms. The predicted molar refractivity (Wildman–Crippen MR) is 126 cm³/mol. The van der Waals surface area contributed by atoms with Crippen LogP contribution in [-0.4, -0.2) is 5.71 Å². The largest absolute Gasteiger partial charge is 0.455 e. The Labute approximate surface area is 175 Å². The van der Waals surface area contributed by atoms with E-state index in [1.54, 1.807) is 0 Å². The Morgan fingerprint density at radius 3 is 2.53 bits per heavy atom. The van der Waals surface area contributed by atoms with Crippen molar-refractivity contribution in [1.29, 1.82) is 0 Å². The maximum atomic E-state index is 6.34. The van der Waals surface area contributed by atoms with Crippen molar-refractivity contribution in [3.8, 4) is 0 Å². The number of benzene rings is 4. The van der Waals surface area contributed by atoms with Crippen molar-refractivity contribution < 1.29 is 4.42 Å². The minimum absolute atomic E-state index is 0.621. The quantitative estimate of drug-likeness (QED) is 0.304. The highest BCUT2D eigenvalue weighted by atomic mass is 16.3. The Morgan fingerprint density at radius 1 is 0.833 bits per heavy atom. The third-order valence-corrected chi connectivity index (χ3v) is 6.10. The Morgan fingerprint density at radius 2 is 1.67 bits per heavy atom. The van der Waals surface area contributed by atoms with Gasteiger partial charge in [0, 0.05) is 27.3 Å². The molecule has 4 aromatic carbocycles. The molecule has 1 aliphatic rings. The number of hydrogen-bond donors (Lipinski definition) is 0. The minimum Gasteiger partial charge on any atom is -0.455 e. The summed E-state index contributed by atoms with van der Waals surface area (Å²) in [6, 6.07) is 23.7. The molecular formula is C28H23NO. The molecular weight excluding hydrogens is 366 g/mol. The van der Waals surface area contributed by atoms with Crippen LogP contribution in [0.15, 0.2) is 76.1 Å². The van der Waals surface area contributed by atoms with E-state index >= 15 is 0 Å². The fourth-order valence-electron chi connectivity index (χ4n) is 4.89. The minimum atomic E-state index is 0.621. The van der Waals surface area contributed by atoms with E-state index < -0.39 is 0 Å². The van der Waals surface area contributed by atoms with Crippen LogP contribution < -0.4 is 0 Å². The number of aliphatic imine (C=N–C) groups is 1. The Hall–Kier alpha value is -3.39. The Balaban J connectivity index is 1.63. The lowest BCUT2D eigenvalue weighted by Gasteiger charge is -2.11. The molecule has 0 radical (unpaired) electrons. The van der Waals surface area contributed by atoms with E-state index in [-0.39, 0.29) is 0 Å². The summed E-state index contributed by atoms with van der Waals surface area (Å²) >= 11 is 0. The number of furan rings is 1. The molecule has 0 N–H and O–H groups in total. The molecule has 1 aliphatic heterocycles. The van der Waals surface area contributed by atoms with Crippen LogP contribution in [0.2, 0.25) is 0 Å². The maximum Gasteiger partial charge on any atom is 0.144 e. The van der Waals surface area contributed by atoms with Crippen LogP contribution in [0.1, 0.15) is 36.1 Å². The molecule has 30 heavy (non-hydrogen) atoms. The Bertz CT molecular complexity index is 1500. The number of aryl methyl sites for hydroxylation is 1. The van der Waals surface area contributed by atoms with Crippen molar-refractivity contribution in [1.82, 2.24) is 0 Å². The summed E-state index contributed by atoms with van der Waals surface area (Å²) in [4.78, 5) is 5.11. The lowest BCUT2D eigenvalue weighted by molar-refractivity contribution is 0.650. The first-order valence-corrected chi connectivity index (χ1v) is 10.7. The molecule has 146 valence electrons. The van der Waals surface area contributed by atoms with Crippen LogP contribution in [0.3, 0.4) is 0 Å². The van der Waals surface area contributed by atoms with Crippen LogP contribution in [0.4, 0.5) is 5.69 Å². The molecule has 5 aromatic rings. The van der Waals surface area contributed by atoms with Crippen LogP contribution in [0, 0.1) is 12.8 Å². The van der Waals surface area contributed by atoms with Gasteiger partial charge in [-0.05, 0) is 60.0 Å². The lowest BCUT2D eigenvalue weighted by atomic mass is 9.92. The van der Waals surface area contributed by atoms with E-state index in [1.165, 1.54) is 27.5 Å². The van der Waals surface area contributed by atoms with Crippen molar-refractivity contribution in [2.75, 3.05) is 0 Å². The van der Waals surface area contributed by atoms with Gasteiger partial charge in [0.2, 0.25) is 0 Å². The van der Waals surface area contributed by atoms with Gasteiger partial charge in [-0.15, -0.1) is 0 Å². The Kier molecular flexibility index (Phi) is 3.67. The number of hydrogen-bond acceptors (Lipinski definition) is 2. The first kappa shape index (κ1) is 17.5. The molecule has 1 aromatic heterocycles. The van der Waals surface area contributed by atoms with Crippen molar-refractivity contribution in [2.24, 2.45) is 10.9 Å². The molecule has 0 amide bonds. The zero-order chi connectivity index (χ0) is 20.4. The van der Waals surface area contributed by atoms with E-state index in [0.717, 1.165) is 45.3 Å². The second kappa shape index (κ2) is 6.30. The smallest absolute Gasteiger partial charge is 0.144 e. The number of nitrogens with zero attached hydrogens (tertiary/aromatic N) is 1. The average Bonchev–Trinajstić information content (AvgIpc) is 3.29. The molecule has 0 saturated carbocycles. The van der Waals surface area contributed by atoms with E-state index in [0.29, 0.717) is 5.92 Å². The van der Waals surface area contributed by atoms with Crippen molar-refractivity contribution >= 4 is 44.1 Å². The first-order chi connectivity index (χ1) is 14.6. The fourth-order valence-corrected chi connectivity index (χ4v) is 4.89. The second-order valence-electron chi connectivity index (χ2n) is 8.82. The summed E-state index contributed by atoms with van der Waals surface area (Å²) in [5.41, 5.74) is 8.84. The summed E-state index contributed by atoms with van der Waals surface area (Å²) in [5, 5.41) is 4.92. The van der Waals surface area contributed by atoms with Gasteiger partial charge in [0.05, 0.1) is 11.4 Å². The van der Waals surface area contributed by atoms with Crippen LogP contribution in [0.25, 0.3) is 32.7 Å². The van der Waals surface area contributed by atoms with Gasteiger partial charge in [-0.1, -0.05) is 56.3 Å². The molecule has 0 atom stereocenters. The summed E-state index contributed by atoms with van der Waals surface area (Å²) in [5.74, 6) is 0.621. The molecule has 0 aliphatic carbocycles. The number of para-hydroxylation sites is 1. The van der Waals surface area contributed by atoms with Crippen molar-refractivity contribution in [3.05, 3.63) is 89.0 Å². The van der Waals surface area contributed by atoms with Gasteiger partial charge in [0.15, 0.2) is 0 Å². The van der Waals surface area contributed by atoms with Crippen LogP contribution >= 0.6 is 0 Å². The van der Waals surface area contributed by atoms with E-state index in [9.17, 15) is 0 Å². The summed E-state index contributed by atoms with van der Waals surface area (Å²) in [7, 11) is 0. The van der Waals surface area contributed by atoms with E-state index in [4.69, 9.17) is 9.41 Å². The molecule has 0 spiro atoms. The van der Waals surface area contributed by atoms with E-state index in [2.05, 4.69) is 75.4 Å². The van der Waals surface area contributed by atoms with Crippen molar-refractivity contribution in [3.63, 3.8) is 0 Å². The highest BCUT2D eigenvalue weighted by Gasteiger charge is 2.24. The van der Waals surface area contributed by atoms with Gasteiger partial charge < -0.3 is 4.42 Å². The van der Waals surface area contributed by atoms with Gasteiger partial charge in [0.1, 0.15) is 11.2 Å². The first-order valence-electron chi connectivity index (χ1n) is 10.7. The standard InChI is InChI=1S/C28H23NO/c1-16(2)13-18-11-12-24-26-19(18)8-6-9-21(26)27(29-24)23-15-17(3)14-22-20-7-4-5-10-25(20)30-28(22)23/h4-12,14-16H,13H2,1-3H3.